The number of ketones is 1. The average Bonchev–Trinajstić information content (AvgIpc) is 2.87. The number of nitrogens with one attached hydrogen (secondary N) is 1. The second kappa shape index (κ2) is 10.8. The third-order valence-electron chi connectivity index (χ3n) is 6.74. The molecule has 0 aromatic heterocycles. The zero-order valence-corrected chi connectivity index (χ0v) is 20.8. The summed E-state index contributed by atoms with van der Waals surface area (Å²) in [6, 6.07) is 11.5. The molecule has 0 saturated heterocycles. The minimum Gasteiger partial charge on any atom is -0.493 e. The molecule has 1 heterocycles. The number of methoxy groups -OCH3 is 3. The van der Waals surface area contributed by atoms with Crippen molar-refractivity contribution in [2.45, 2.75) is 50.9 Å². The lowest BCUT2D eigenvalue weighted by atomic mass is 9.73. The Hall–Kier alpha value is -3.48. The second-order valence-corrected chi connectivity index (χ2v) is 8.92. The molecule has 186 valence electrons. The Bertz CT molecular complexity index is 1110. The quantitative estimate of drug-likeness (QED) is 0.516. The lowest BCUT2D eigenvalue weighted by Crippen LogP contribution is -2.38. The molecule has 0 saturated carbocycles. The summed E-state index contributed by atoms with van der Waals surface area (Å²) in [6.07, 6.45) is 3.09. The van der Waals surface area contributed by atoms with Crippen LogP contribution in [-0.4, -0.2) is 39.6 Å². The SMILES string of the molecule is CCCCOc1ccccc1C1CC(=O)NC2=C1C(=O)CC(c1cc(OC)c(OC)c(OC)c1)C2. The molecule has 7 nitrogen and oxygen atoms in total. The highest BCUT2D eigenvalue weighted by Crippen LogP contribution is 2.47. The summed E-state index contributed by atoms with van der Waals surface area (Å²) in [7, 11) is 4.70. The van der Waals surface area contributed by atoms with E-state index in [4.69, 9.17) is 18.9 Å². The van der Waals surface area contributed by atoms with Crippen molar-refractivity contribution in [2.24, 2.45) is 0 Å². The number of carbonyl (C=O) groups is 2. The fraction of sp³-hybridized carbons (Fsp3) is 0.429. The smallest absolute Gasteiger partial charge is 0.225 e. The standard InChI is InChI=1S/C28H33NO6/c1-5-6-11-35-23-10-8-7-9-19(23)20-16-26(31)29-21-12-17(13-22(30)27(20)21)18-14-24(32-2)28(34-4)25(15-18)33-3/h7-10,14-15,17,20H,5-6,11-13,16H2,1-4H3,(H,29,31). The van der Waals surface area contributed by atoms with Gasteiger partial charge in [-0.2, -0.15) is 0 Å². The van der Waals surface area contributed by atoms with Crippen LogP contribution in [0.3, 0.4) is 0 Å². The third kappa shape index (κ3) is 4.99. The summed E-state index contributed by atoms with van der Waals surface area (Å²) in [6.45, 7) is 2.72. The van der Waals surface area contributed by atoms with E-state index in [-0.39, 0.29) is 29.9 Å². The normalized spacial score (nSPS) is 19.7. The minimum absolute atomic E-state index is 0.0402. The molecule has 0 fully saturated rings. The molecular weight excluding hydrogens is 446 g/mol. The molecule has 1 aliphatic heterocycles. The molecule has 0 spiro atoms. The highest BCUT2D eigenvalue weighted by atomic mass is 16.5. The number of hydrogen-bond acceptors (Lipinski definition) is 6. The van der Waals surface area contributed by atoms with Gasteiger partial charge in [0.15, 0.2) is 17.3 Å². The minimum atomic E-state index is -0.315. The highest BCUT2D eigenvalue weighted by molar-refractivity contribution is 6.02. The van der Waals surface area contributed by atoms with Crippen molar-refractivity contribution in [1.82, 2.24) is 5.32 Å². The van der Waals surface area contributed by atoms with Gasteiger partial charge in [-0.3, -0.25) is 9.59 Å². The van der Waals surface area contributed by atoms with Crippen LogP contribution in [0.1, 0.15) is 62.0 Å². The number of ether oxygens (including phenoxy) is 4. The number of unbranched alkanes of at least 4 members (excludes halogenated alkanes) is 1. The number of carbonyl (C=O) groups excluding carboxylic acids is 2. The van der Waals surface area contributed by atoms with E-state index < -0.39 is 0 Å². The molecule has 2 aromatic carbocycles. The van der Waals surface area contributed by atoms with Gasteiger partial charge in [0, 0.05) is 35.6 Å². The van der Waals surface area contributed by atoms with Gasteiger partial charge in [-0.15, -0.1) is 0 Å². The van der Waals surface area contributed by atoms with Gasteiger partial charge in [0.25, 0.3) is 0 Å². The molecule has 1 aliphatic carbocycles. The number of rotatable bonds is 9. The van der Waals surface area contributed by atoms with E-state index >= 15 is 0 Å². The molecule has 2 aliphatic rings. The maximum Gasteiger partial charge on any atom is 0.225 e. The maximum atomic E-state index is 13.6. The topological polar surface area (TPSA) is 83.1 Å². The van der Waals surface area contributed by atoms with Crippen molar-refractivity contribution in [3.8, 4) is 23.0 Å². The summed E-state index contributed by atoms with van der Waals surface area (Å²) < 4.78 is 22.5. The molecule has 0 radical (unpaired) electrons. The van der Waals surface area contributed by atoms with E-state index in [0.717, 1.165) is 29.7 Å². The molecule has 2 unspecified atom stereocenters. The van der Waals surface area contributed by atoms with E-state index in [2.05, 4.69) is 12.2 Å². The predicted molar refractivity (Wildman–Crippen MR) is 132 cm³/mol. The van der Waals surface area contributed by atoms with Gasteiger partial charge < -0.3 is 24.3 Å². The molecular formula is C28H33NO6. The highest BCUT2D eigenvalue weighted by Gasteiger charge is 2.39. The molecule has 1 amide bonds. The number of hydrogen-bond donors (Lipinski definition) is 1. The van der Waals surface area contributed by atoms with Crippen molar-refractivity contribution in [1.29, 1.82) is 0 Å². The van der Waals surface area contributed by atoms with Gasteiger partial charge in [-0.05, 0) is 42.5 Å². The molecule has 7 heteroatoms. The van der Waals surface area contributed by atoms with Crippen LogP contribution in [0.4, 0.5) is 0 Å². The molecule has 0 bridgehead atoms. The number of para-hydroxylation sites is 1. The maximum absolute atomic E-state index is 13.6. The molecule has 4 rings (SSSR count). The van der Waals surface area contributed by atoms with E-state index in [1.807, 2.05) is 36.4 Å². The van der Waals surface area contributed by atoms with E-state index in [9.17, 15) is 9.59 Å². The monoisotopic (exact) mass is 479 g/mol. The van der Waals surface area contributed by atoms with Crippen LogP contribution in [0.15, 0.2) is 47.7 Å². The Morgan fingerprint density at radius 1 is 0.914 bits per heavy atom. The van der Waals surface area contributed by atoms with Crippen LogP contribution in [0.25, 0.3) is 0 Å². The lowest BCUT2D eigenvalue weighted by molar-refractivity contribution is -0.122. The van der Waals surface area contributed by atoms with Crippen molar-refractivity contribution in [3.63, 3.8) is 0 Å². The third-order valence-corrected chi connectivity index (χ3v) is 6.74. The Balaban J connectivity index is 1.69. The summed E-state index contributed by atoms with van der Waals surface area (Å²) >= 11 is 0. The largest absolute Gasteiger partial charge is 0.493 e. The number of allylic oxidation sites excluding steroid dienone is 2. The first kappa shape index (κ1) is 24.6. The molecule has 2 atom stereocenters. The van der Waals surface area contributed by atoms with Gasteiger partial charge in [0.1, 0.15) is 5.75 Å². The van der Waals surface area contributed by atoms with Crippen molar-refractivity contribution < 1.29 is 28.5 Å². The van der Waals surface area contributed by atoms with E-state index in [1.165, 1.54) is 0 Å². The Morgan fingerprint density at radius 2 is 1.63 bits per heavy atom. The van der Waals surface area contributed by atoms with Gasteiger partial charge >= 0.3 is 0 Å². The number of amides is 1. The first-order chi connectivity index (χ1) is 17.0. The van der Waals surface area contributed by atoms with Crippen LogP contribution in [0, 0.1) is 0 Å². The summed E-state index contributed by atoms with van der Waals surface area (Å²) in [5.74, 6) is 1.85. The van der Waals surface area contributed by atoms with E-state index in [0.29, 0.717) is 48.0 Å². The zero-order valence-electron chi connectivity index (χ0n) is 20.8. The van der Waals surface area contributed by atoms with Gasteiger partial charge in [-0.25, -0.2) is 0 Å². The Kier molecular flexibility index (Phi) is 7.63. The molecule has 35 heavy (non-hydrogen) atoms. The molecule has 1 N–H and O–H groups in total. The zero-order chi connectivity index (χ0) is 24.9. The number of Topliss-reactive ketones (excluding diaryl/α,β-unsaturated/α-hetero) is 1. The van der Waals surface area contributed by atoms with Crippen LogP contribution in [-0.2, 0) is 9.59 Å². The average molecular weight is 480 g/mol. The summed E-state index contributed by atoms with van der Waals surface area (Å²) in [5.41, 5.74) is 3.19. The first-order valence-corrected chi connectivity index (χ1v) is 12.1. The fourth-order valence-electron chi connectivity index (χ4n) is 5.02. The molecule has 2 aromatic rings. The predicted octanol–water partition coefficient (Wildman–Crippen LogP) is 4.90. The first-order valence-electron chi connectivity index (χ1n) is 12.1. The summed E-state index contributed by atoms with van der Waals surface area (Å²) in [5, 5.41) is 2.99. The van der Waals surface area contributed by atoms with Crippen molar-refractivity contribution in [3.05, 3.63) is 58.8 Å². The van der Waals surface area contributed by atoms with Crippen LogP contribution in [0.2, 0.25) is 0 Å². The van der Waals surface area contributed by atoms with Crippen molar-refractivity contribution in [2.75, 3.05) is 27.9 Å². The van der Waals surface area contributed by atoms with Crippen LogP contribution in [0.5, 0.6) is 23.0 Å². The van der Waals surface area contributed by atoms with Gasteiger partial charge in [0.05, 0.1) is 27.9 Å². The second-order valence-electron chi connectivity index (χ2n) is 8.92. The fourth-order valence-corrected chi connectivity index (χ4v) is 5.02. The van der Waals surface area contributed by atoms with Crippen LogP contribution >= 0.6 is 0 Å². The van der Waals surface area contributed by atoms with Gasteiger partial charge in [-0.1, -0.05) is 31.5 Å². The Morgan fingerprint density at radius 3 is 2.29 bits per heavy atom. The summed E-state index contributed by atoms with van der Waals surface area (Å²) in [4.78, 5) is 26.3. The Labute approximate surface area is 206 Å². The van der Waals surface area contributed by atoms with Gasteiger partial charge in [0.2, 0.25) is 11.7 Å². The number of benzene rings is 2. The van der Waals surface area contributed by atoms with Crippen LogP contribution < -0.4 is 24.3 Å². The van der Waals surface area contributed by atoms with E-state index in [1.54, 1.807) is 21.3 Å². The van der Waals surface area contributed by atoms with Crippen molar-refractivity contribution >= 4 is 11.7 Å². The lowest BCUT2D eigenvalue weighted by Gasteiger charge is -2.35.